The summed E-state index contributed by atoms with van der Waals surface area (Å²) in [5, 5.41) is 2.64. The first-order valence-corrected chi connectivity index (χ1v) is 8.99. The second kappa shape index (κ2) is 8.28. The number of hydrogen-bond donors (Lipinski definition) is 1. The van der Waals surface area contributed by atoms with E-state index in [9.17, 15) is 18.0 Å². The number of ether oxygens (including phenoxy) is 1. The van der Waals surface area contributed by atoms with Crippen LogP contribution in [0.4, 0.5) is 18.9 Å². The Morgan fingerprint density at radius 1 is 1.29 bits per heavy atom. The Morgan fingerprint density at radius 2 is 2.00 bits per heavy atom. The molecule has 0 spiro atoms. The molecule has 0 unspecified atom stereocenters. The summed E-state index contributed by atoms with van der Waals surface area (Å²) in [7, 11) is 0. The van der Waals surface area contributed by atoms with Gasteiger partial charge in [0.05, 0.1) is 18.0 Å². The minimum absolute atomic E-state index is 0.139. The largest absolute Gasteiger partial charge is 0.433 e. The first-order valence-electron chi connectivity index (χ1n) is 8.99. The molecule has 1 aliphatic rings. The van der Waals surface area contributed by atoms with Crippen LogP contribution in [0.25, 0.3) is 0 Å². The summed E-state index contributed by atoms with van der Waals surface area (Å²) in [6, 6.07) is 10.8. The Kier molecular flexibility index (Phi) is 6.00. The van der Waals surface area contributed by atoms with Crippen LogP contribution in [-0.2, 0) is 22.3 Å². The number of anilines is 1. The average Bonchev–Trinajstić information content (AvgIpc) is 2.63. The molecule has 1 aromatic carbocycles. The van der Waals surface area contributed by atoms with E-state index in [0.29, 0.717) is 25.2 Å². The molecule has 2 atom stereocenters. The molecule has 1 aliphatic heterocycles. The molecule has 3 rings (SSSR count). The van der Waals surface area contributed by atoms with Gasteiger partial charge < -0.3 is 10.1 Å². The van der Waals surface area contributed by atoms with Gasteiger partial charge in [0.1, 0.15) is 11.8 Å². The van der Waals surface area contributed by atoms with Crippen molar-refractivity contribution in [3.05, 3.63) is 59.4 Å². The monoisotopic (exact) mass is 393 g/mol. The van der Waals surface area contributed by atoms with Crippen molar-refractivity contribution in [3.8, 4) is 0 Å². The third-order valence-electron chi connectivity index (χ3n) is 4.54. The zero-order chi connectivity index (χ0) is 20.3. The lowest BCUT2D eigenvalue weighted by molar-refractivity contribution is -0.141. The number of rotatable bonds is 4. The van der Waals surface area contributed by atoms with E-state index in [1.807, 2.05) is 37.3 Å². The summed E-state index contributed by atoms with van der Waals surface area (Å²) in [6.07, 6.45) is -4.34. The molecular formula is C20H22F3N3O2. The molecule has 0 aliphatic carbocycles. The predicted octanol–water partition coefficient (Wildman–Crippen LogP) is 3.64. The van der Waals surface area contributed by atoms with Gasteiger partial charge in [0, 0.05) is 19.6 Å². The topological polar surface area (TPSA) is 54.5 Å². The second-order valence-electron chi connectivity index (χ2n) is 6.99. The number of halogens is 3. The van der Waals surface area contributed by atoms with Gasteiger partial charge in [0.2, 0.25) is 0 Å². The molecule has 150 valence electrons. The number of carbonyl (C=O) groups is 1. The summed E-state index contributed by atoms with van der Waals surface area (Å²) >= 11 is 0. The fourth-order valence-corrected chi connectivity index (χ4v) is 3.21. The minimum atomic E-state index is -4.52. The summed E-state index contributed by atoms with van der Waals surface area (Å²) in [5.74, 6) is -0.394. The number of hydrogen-bond acceptors (Lipinski definition) is 4. The van der Waals surface area contributed by atoms with Crippen LogP contribution >= 0.6 is 0 Å². The van der Waals surface area contributed by atoms with Crippen molar-refractivity contribution in [2.75, 3.05) is 18.4 Å². The highest BCUT2D eigenvalue weighted by molar-refractivity contribution is 5.95. The molecule has 1 N–H and O–H groups in total. The molecule has 2 heterocycles. The quantitative estimate of drug-likeness (QED) is 0.862. The predicted molar refractivity (Wildman–Crippen MR) is 98.7 cm³/mol. The molecular weight excluding hydrogens is 371 g/mol. The maximum atomic E-state index is 12.7. The normalized spacial score (nSPS) is 20.8. The van der Waals surface area contributed by atoms with Gasteiger partial charge in [0.25, 0.3) is 5.91 Å². The third-order valence-corrected chi connectivity index (χ3v) is 4.54. The first kappa shape index (κ1) is 20.3. The van der Waals surface area contributed by atoms with Crippen LogP contribution in [0.1, 0.15) is 23.7 Å². The average molecular weight is 393 g/mol. The van der Waals surface area contributed by atoms with Gasteiger partial charge in [-0.25, -0.2) is 4.98 Å². The van der Waals surface area contributed by atoms with Crippen molar-refractivity contribution in [2.45, 2.75) is 38.8 Å². The van der Waals surface area contributed by atoms with Crippen LogP contribution in [-0.4, -0.2) is 41.1 Å². The number of aryl methyl sites for hydroxylation is 1. The molecule has 2 aromatic rings. The molecule has 5 nitrogen and oxygen atoms in total. The molecule has 8 heteroatoms. The highest BCUT2D eigenvalue weighted by atomic mass is 19.4. The summed E-state index contributed by atoms with van der Waals surface area (Å²) in [5.41, 5.74) is 0.688. The standard InChI is InChI=1S/C20H22F3N3O2/c1-13-8-18(20(21,22)23)24-9-16(13)25-19(27)17-12-26(10-14(2)28-17)11-15-6-4-3-5-7-15/h3-9,14,17H,10-12H2,1-2H3,(H,25,27)/t14-,17-/m1/s1. The Morgan fingerprint density at radius 3 is 2.64 bits per heavy atom. The highest BCUT2D eigenvalue weighted by Gasteiger charge is 2.33. The van der Waals surface area contributed by atoms with E-state index in [1.165, 1.54) is 6.92 Å². The van der Waals surface area contributed by atoms with Crippen LogP contribution in [0.15, 0.2) is 42.6 Å². The summed E-state index contributed by atoms with van der Waals surface area (Å²) in [4.78, 5) is 18.2. The molecule has 0 saturated carbocycles. The highest BCUT2D eigenvalue weighted by Crippen LogP contribution is 2.29. The number of benzene rings is 1. The van der Waals surface area contributed by atoms with Crippen molar-refractivity contribution >= 4 is 11.6 Å². The van der Waals surface area contributed by atoms with Gasteiger partial charge in [-0.05, 0) is 31.0 Å². The Labute approximate surface area is 161 Å². The van der Waals surface area contributed by atoms with E-state index in [4.69, 9.17) is 4.74 Å². The molecule has 1 aromatic heterocycles. The van der Waals surface area contributed by atoms with E-state index >= 15 is 0 Å². The molecule has 1 fully saturated rings. The number of carbonyl (C=O) groups excluding carboxylic acids is 1. The number of nitrogens with one attached hydrogen (secondary N) is 1. The minimum Gasteiger partial charge on any atom is -0.363 e. The van der Waals surface area contributed by atoms with E-state index in [0.717, 1.165) is 17.8 Å². The van der Waals surface area contributed by atoms with Gasteiger partial charge in [0.15, 0.2) is 0 Å². The zero-order valence-electron chi connectivity index (χ0n) is 15.7. The Balaban J connectivity index is 1.66. The third kappa shape index (κ3) is 5.08. The second-order valence-corrected chi connectivity index (χ2v) is 6.99. The van der Waals surface area contributed by atoms with Crippen LogP contribution < -0.4 is 5.32 Å². The lowest BCUT2D eigenvalue weighted by Gasteiger charge is -2.36. The summed E-state index contributed by atoms with van der Waals surface area (Å²) in [6.45, 7) is 5.18. The number of nitrogens with zero attached hydrogens (tertiary/aromatic N) is 2. The fraction of sp³-hybridized carbons (Fsp3) is 0.400. The van der Waals surface area contributed by atoms with E-state index in [1.54, 1.807) is 0 Å². The van der Waals surface area contributed by atoms with Crippen molar-refractivity contribution in [1.82, 2.24) is 9.88 Å². The van der Waals surface area contributed by atoms with Gasteiger partial charge in [-0.2, -0.15) is 13.2 Å². The van der Waals surface area contributed by atoms with Gasteiger partial charge in [-0.15, -0.1) is 0 Å². The van der Waals surface area contributed by atoms with Crippen LogP contribution in [0, 0.1) is 6.92 Å². The first-order chi connectivity index (χ1) is 13.2. The van der Waals surface area contributed by atoms with E-state index in [2.05, 4.69) is 15.2 Å². The molecule has 0 bridgehead atoms. The SMILES string of the molecule is Cc1cc(C(F)(F)F)ncc1NC(=O)[C@H]1CN(Cc2ccccc2)C[C@@H](C)O1. The Bertz CT molecular complexity index is 827. The molecule has 1 saturated heterocycles. The van der Waals surface area contributed by atoms with Gasteiger partial charge in [-0.1, -0.05) is 30.3 Å². The van der Waals surface area contributed by atoms with Gasteiger partial charge >= 0.3 is 6.18 Å². The maximum absolute atomic E-state index is 12.7. The summed E-state index contributed by atoms with van der Waals surface area (Å²) < 4.78 is 44.0. The number of morpholine rings is 1. The number of amides is 1. The van der Waals surface area contributed by atoms with Crippen molar-refractivity contribution in [1.29, 1.82) is 0 Å². The van der Waals surface area contributed by atoms with E-state index < -0.39 is 23.9 Å². The molecule has 28 heavy (non-hydrogen) atoms. The fourth-order valence-electron chi connectivity index (χ4n) is 3.21. The Hall–Kier alpha value is -2.45. The van der Waals surface area contributed by atoms with Crippen molar-refractivity contribution in [3.63, 3.8) is 0 Å². The lowest BCUT2D eigenvalue weighted by atomic mass is 10.1. The van der Waals surface area contributed by atoms with Crippen molar-refractivity contribution < 1.29 is 22.7 Å². The number of aromatic nitrogens is 1. The van der Waals surface area contributed by atoms with Crippen LogP contribution in [0.2, 0.25) is 0 Å². The van der Waals surface area contributed by atoms with Crippen LogP contribution in [0.5, 0.6) is 0 Å². The molecule has 1 amide bonds. The molecule has 0 radical (unpaired) electrons. The maximum Gasteiger partial charge on any atom is 0.433 e. The smallest absolute Gasteiger partial charge is 0.363 e. The number of alkyl halides is 3. The zero-order valence-corrected chi connectivity index (χ0v) is 15.7. The van der Waals surface area contributed by atoms with Crippen LogP contribution in [0.3, 0.4) is 0 Å². The number of pyridine rings is 1. The lowest BCUT2D eigenvalue weighted by Crippen LogP contribution is -2.50. The van der Waals surface area contributed by atoms with Gasteiger partial charge in [-0.3, -0.25) is 9.69 Å². The van der Waals surface area contributed by atoms with E-state index in [-0.39, 0.29) is 11.8 Å². The van der Waals surface area contributed by atoms with Crippen molar-refractivity contribution in [2.24, 2.45) is 0 Å².